The zero-order valence-electron chi connectivity index (χ0n) is 33.3. The molecule has 9 rings (SSSR count). The Balaban J connectivity index is 1.06. The first-order chi connectivity index (χ1) is 28.9. The number of benzene rings is 2. The number of aryl methyl sites for hydroxylation is 2. The second kappa shape index (κ2) is 15.5. The molecule has 5 atom stereocenters. The number of ether oxygens (including phenoxy) is 1. The lowest BCUT2D eigenvalue weighted by molar-refractivity contribution is -0.141. The van der Waals surface area contributed by atoms with Crippen LogP contribution in [0.25, 0.3) is 33.5 Å². The minimum absolute atomic E-state index is 0.00959. The summed E-state index contributed by atoms with van der Waals surface area (Å²) in [5, 5.41) is 10.3. The van der Waals surface area contributed by atoms with Crippen LogP contribution in [0.1, 0.15) is 74.0 Å². The number of sulfonamides is 1. The summed E-state index contributed by atoms with van der Waals surface area (Å²) < 4.78 is 42.6. The lowest BCUT2D eigenvalue weighted by atomic mass is 10.0. The molecule has 60 heavy (non-hydrogen) atoms. The first-order valence-corrected chi connectivity index (χ1v) is 22.0. The van der Waals surface area contributed by atoms with Gasteiger partial charge in [-0.1, -0.05) is 55.3 Å². The number of hydrogen-bond donors (Lipinski definition) is 3. The highest BCUT2D eigenvalue weighted by atomic mass is 32.2. The van der Waals surface area contributed by atoms with Crippen molar-refractivity contribution in [2.75, 3.05) is 6.54 Å². The zero-order valence-corrected chi connectivity index (χ0v) is 34.1. The molecule has 0 unspecified atom stereocenters. The summed E-state index contributed by atoms with van der Waals surface area (Å²) in [6, 6.07) is 16.2. The molecule has 1 saturated heterocycles. The quantitative estimate of drug-likeness (QED) is 0.189. The SMILES string of the molecule is Cc1cc(C(=O)N[C@H]2CCCCCC=C[C@@H]3C[C@@]3(C(=O)NS(=O)(=O)C3CC3)NC(=O)[C@@H]3C[C@@H](Oc4nc5ccccc5nc4-c4cc5ccccc5o4)CN3C2=O)nn1C. The molecular formula is C43H46N8O8S. The first kappa shape index (κ1) is 39.4. The number of fused-ring (bicyclic) bond motifs is 4. The van der Waals surface area contributed by atoms with E-state index in [9.17, 15) is 27.6 Å². The number of nitrogens with one attached hydrogen (secondary N) is 3. The predicted octanol–water partition coefficient (Wildman–Crippen LogP) is 4.24. The third-order valence-corrected chi connectivity index (χ3v) is 13.8. The van der Waals surface area contributed by atoms with Crippen LogP contribution in [0.2, 0.25) is 0 Å². The Morgan fingerprint density at radius 3 is 2.50 bits per heavy atom. The van der Waals surface area contributed by atoms with Crippen LogP contribution < -0.4 is 20.1 Å². The summed E-state index contributed by atoms with van der Waals surface area (Å²) in [7, 11) is -2.20. The van der Waals surface area contributed by atoms with Crippen LogP contribution in [0.4, 0.5) is 0 Å². The number of carbonyl (C=O) groups is 4. The summed E-state index contributed by atoms with van der Waals surface area (Å²) in [6.45, 7) is 1.75. The van der Waals surface area contributed by atoms with Crippen molar-refractivity contribution >= 4 is 55.7 Å². The van der Waals surface area contributed by atoms with Crippen LogP contribution >= 0.6 is 0 Å². The van der Waals surface area contributed by atoms with Gasteiger partial charge in [-0.2, -0.15) is 5.10 Å². The molecule has 2 saturated carbocycles. The number of hydrogen-bond acceptors (Lipinski definition) is 11. The summed E-state index contributed by atoms with van der Waals surface area (Å²) in [5.41, 5.74) is 1.53. The number of furan rings is 1. The van der Waals surface area contributed by atoms with E-state index < -0.39 is 68.5 Å². The van der Waals surface area contributed by atoms with Gasteiger partial charge in [0.25, 0.3) is 11.8 Å². The van der Waals surface area contributed by atoms with Gasteiger partial charge >= 0.3 is 0 Å². The molecule has 0 bridgehead atoms. The van der Waals surface area contributed by atoms with E-state index in [4.69, 9.17) is 19.1 Å². The Morgan fingerprint density at radius 1 is 0.983 bits per heavy atom. The van der Waals surface area contributed by atoms with Crippen LogP contribution in [-0.2, 0) is 31.5 Å². The molecule has 16 nitrogen and oxygen atoms in total. The molecule has 0 radical (unpaired) electrons. The Bertz CT molecular complexity index is 2620. The molecule has 3 aromatic heterocycles. The Labute approximate surface area is 346 Å². The molecule has 17 heteroatoms. The fraction of sp³-hybridized carbons (Fsp3) is 0.419. The van der Waals surface area contributed by atoms with Crippen molar-refractivity contribution in [3.05, 3.63) is 84.2 Å². The van der Waals surface area contributed by atoms with Gasteiger partial charge in [-0.05, 0) is 75.8 Å². The van der Waals surface area contributed by atoms with Gasteiger partial charge in [0.15, 0.2) is 11.5 Å². The predicted molar refractivity (Wildman–Crippen MR) is 220 cm³/mol. The van der Waals surface area contributed by atoms with Crippen LogP contribution in [0.3, 0.4) is 0 Å². The van der Waals surface area contributed by atoms with E-state index in [0.29, 0.717) is 60.2 Å². The molecule has 2 aliphatic heterocycles. The molecular weight excluding hydrogens is 789 g/mol. The third kappa shape index (κ3) is 7.73. The maximum atomic E-state index is 14.8. The van der Waals surface area contributed by atoms with E-state index in [1.807, 2.05) is 67.6 Å². The van der Waals surface area contributed by atoms with Crippen molar-refractivity contribution in [2.24, 2.45) is 13.0 Å². The van der Waals surface area contributed by atoms with E-state index in [2.05, 4.69) is 20.5 Å². The van der Waals surface area contributed by atoms with Gasteiger partial charge in [-0.15, -0.1) is 0 Å². The van der Waals surface area contributed by atoms with Crippen molar-refractivity contribution in [3.63, 3.8) is 0 Å². The minimum atomic E-state index is -3.92. The van der Waals surface area contributed by atoms with Crippen LogP contribution in [0.5, 0.6) is 5.88 Å². The molecule has 5 heterocycles. The fourth-order valence-corrected chi connectivity index (χ4v) is 9.60. The van der Waals surface area contributed by atoms with Crippen LogP contribution in [0, 0.1) is 12.8 Å². The number of carbonyl (C=O) groups excluding carboxylic acids is 4. The average Bonchev–Trinajstić information content (AvgIpc) is 4.07. The number of amides is 4. The van der Waals surface area contributed by atoms with E-state index in [-0.39, 0.29) is 31.0 Å². The molecule has 5 aromatic rings. The maximum Gasteiger partial charge on any atom is 0.272 e. The summed E-state index contributed by atoms with van der Waals surface area (Å²) in [6.07, 6.45) is 7.24. The third-order valence-electron chi connectivity index (χ3n) is 12.0. The molecule has 4 amide bonds. The standard InChI is InChI=1S/C43H46N8O8S/c1-25-20-33(48-50(25)2)38(52)45-32-16-7-5-3-4-6-13-27-23-43(27,42(55)49-60(56,57)29-18-19-29)47-39(53)34-22-28(24-51(34)41(32)54)58-40-37(44-30-14-9-10-15-31(30)46-40)36-21-26-12-8-11-17-35(26)59-36/h6,8-15,17,20-21,27-29,32,34H,3-5,7,16,18-19,22-24H2,1-2H3,(H,45,52)(H,47,53)(H,49,55)/t27-,28-,32+,34+,43-/m1/s1. The van der Waals surface area contributed by atoms with Gasteiger partial charge in [-0.25, -0.2) is 18.4 Å². The van der Waals surface area contributed by atoms with E-state index in [0.717, 1.165) is 23.9 Å². The first-order valence-electron chi connectivity index (χ1n) is 20.5. The van der Waals surface area contributed by atoms with Crippen LogP contribution in [0.15, 0.2) is 77.2 Å². The van der Waals surface area contributed by atoms with Crippen molar-refractivity contribution < 1.29 is 36.7 Å². The number of allylic oxidation sites excluding steroid dienone is 1. The highest BCUT2D eigenvalue weighted by Crippen LogP contribution is 2.46. The molecule has 4 aliphatic rings. The number of nitrogens with zero attached hydrogens (tertiary/aromatic N) is 5. The molecule has 3 N–H and O–H groups in total. The molecule has 2 aromatic carbocycles. The Hall–Kier alpha value is -6.10. The Kier molecular flexibility index (Phi) is 10.2. The molecule has 312 valence electrons. The van der Waals surface area contributed by atoms with Gasteiger partial charge in [-0.3, -0.25) is 28.6 Å². The van der Waals surface area contributed by atoms with Crippen molar-refractivity contribution in [1.29, 1.82) is 0 Å². The van der Waals surface area contributed by atoms with E-state index >= 15 is 0 Å². The molecule has 3 fully saturated rings. The summed E-state index contributed by atoms with van der Waals surface area (Å²) in [4.78, 5) is 68.0. The van der Waals surface area contributed by atoms with E-state index in [1.54, 1.807) is 23.9 Å². The van der Waals surface area contributed by atoms with Gasteiger partial charge in [0, 0.05) is 30.5 Å². The van der Waals surface area contributed by atoms with Crippen molar-refractivity contribution in [1.82, 2.24) is 40.0 Å². The monoisotopic (exact) mass is 834 g/mol. The van der Waals surface area contributed by atoms with Gasteiger partial charge in [0.1, 0.15) is 35.0 Å². The summed E-state index contributed by atoms with van der Waals surface area (Å²) >= 11 is 0. The van der Waals surface area contributed by atoms with Gasteiger partial charge in [0.2, 0.25) is 27.7 Å². The number of para-hydroxylation sites is 3. The second-order valence-corrected chi connectivity index (χ2v) is 18.3. The summed E-state index contributed by atoms with van der Waals surface area (Å²) in [5.74, 6) is -2.38. The average molecular weight is 835 g/mol. The van der Waals surface area contributed by atoms with Gasteiger partial charge < -0.3 is 24.7 Å². The normalized spacial score (nSPS) is 24.9. The second-order valence-electron chi connectivity index (χ2n) is 16.3. The number of aromatic nitrogens is 4. The highest BCUT2D eigenvalue weighted by Gasteiger charge is 2.62. The van der Waals surface area contributed by atoms with Crippen molar-refractivity contribution in [3.8, 4) is 17.3 Å². The largest absolute Gasteiger partial charge is 0.471 e. The lowest BCUT2D eigenvalue weighted by Crippen LogP contribution is -2.58. The highest BCUT2D eigenvalue weighted by molar-refractivity contribution is 7.91. The van der Waals surface area contributed by atoms with Crippen LogP contribution in [-0.4, -0.2) is 92.2 Å². The minimum Gasteiger partial charge on any atom is -0.471 e. The number of rotatable bonds is 8. The lowest BCUT2D eigenvalue weighted by Gasteiger charge is -2.29. The maximum absolute atomic E-state index is 14.8. The fourth-order valence-electron chi connectivity index (χ4n) is 8.23. The molecule has 2 aliphatic carbocycles. The van der Waals surface area contributed by atoms with E-state index in [1.165, 1.54) is 4.90 Å². The van der Waals surface area contributed by atoms with Gasteiger partial charge in [0.05, 0.1) is 22.8 Å². The zero-order chi connectivity index (χ0) is 41.8. The smallest absolute Gasteiger partial charge is 0.272 e. The Morgan fingerprint density at radius 2 is 1.75 bits per heavy atom. The molecule has 0 spiro atoms. The van der Waals surface area contributed by atoms with Crippen molar-refractivity contribution in [2.45, 2.75) is 93.7 Å². The topological polar surface area (TPSA) is 208 Å².